The van der Waals surface area contributed by atoms with Crippen molar-refractivity contribution < 1.29 is 19.1 Å². The molecule has 110 valence electrons. The first-order valence-corrected chi connectivity index (χ1v) is 7.30. The van der Waals surface area contributed by atoms with Gasteiger partial charge in [-0.2, -0.15) is 0 Å². The second-order valence-corrected chi connectivity index (χ2v) is 5.50. The fraction of sp³-hybridized carbons (Fsp3) is 0.385. The number of carbonyl (C=O) groups excluding carboxylic acids is 2. The predicted octanol–water partition coefficient (Wildman–Crippen LogP) is 2.59. The molecule has 0 fully saturated rings. The Morgan fingerprint density at radius 3 is 2.60 bits per heavy atom. The van der Waals surface area contributed by atoms with Gasteiger partial charge in [0.2, 0.25) is 0 Å². The van der Waals surface area contributed by atoms with E-state index in [0.717, 1.165) is 3.57 Å². The summed E-state index contributed by atoms with van der Waals surface area (Å²) in [6.07, 6.45) is 0. The number of methoxy groups -OCH3 is 1. The third-order valence-corrected chi connectivity index (χ3v) is 4.02. The van der Waals surface area contributed by atoms with E-state index >= 15 is 0 Å². The third-order valence-electron chi connectivity index (χ3n) is 2.49. The fourth-order valence-corrected chi connectivity index (χ4v) is 2.14. The Kier molecular flexibility index (Phi) is 6.54. The summed E-state index contributed by atoms with van der Waals surface area (Å²) in [7, 11) is 2.99. The molecule has 0 atom stereocenters. The van der Waals surface area contributed by atoms with Gasteiger partial charge in [-0.05, 0) is 41.6 Å². The summed E-state index contributed by atoms with van der Waals surface area (Å²) >= 11 is 8.07. The van der Waals surface area contributed by atoms with Crippen molar-refractivity contribution in [3.05, 3.63) is 26.3 Å². The van der Waals surface area contributed by atoms with Gasteiger partial charge in [-0.25, -0.2) is 0 Å². The quantitative estimate of drug-likeness (QED) is 0.552. The summed E-state index contributed by atoms with van der Waals surface area (Å²) in [5.41, 5.74) is 0.310. The molecule has 0 aliphatic carbocycles. The number of esters is 1. The van der Waals surface area contributed by atoms with Crippen molar-refractivity contribution in [3.8, 4) is 5.75 Å². The van der Waals surface area contributed by atoms with Crippen molar-refractivity contribution in [2.75, 3.05) is 27.3 Å². The lowest BCUT2D eigenvalue weighted by atomic mass is 10.1. The van der Waals surface area contributed by atoms with E-state index in [1.165, 1.54) is 25.1 Å². The standard InChI is InChI=1S/C13H15ClINO4/c1-4-20-12(17)7-16(2)13(18)8-5-9(14)10(15)6-11(8)19-3/h5-6H,4,7H2,1-3H3. The number of likely N-dealkylation sites (N-methyl/N-ethyl adjacent to an activating group) is 1. The zero-order chi connectivity index (χ0) is 15.3. The average Bonchev–Trinajstić information content (AvgIpc) is 2.40. The molecule has 0 aromatic heterocycles. The molecule has 5 nitrogen and oxygen atoms in total. The number of hydrogen-bond donors (Lipinski definition) is 0. The van der Waals surface area contributed by atoms with Gasteiger partial charge in [0.1, 0.15) is 12.3 Å². The van der Waals surface area contributed by atoms with Crippen LogP contribution in [-0.2, 0) is 9.53 Å². The summed E-state index contributed by atoms with van der Waals surface area (Å²) in [6.45, 7) is 1.86. The number of hydrogen-bond acceptors (Lipinski definition) is 4. The van der Waals surface area contributed by atoms with Gasteiger partial charge in [-0.15, -0.1) is 0 Å². The smallest absolute Gasteiger partial charge is 0.325 e. The van der Waals surface area contributed by atoms with E-state index in [-0.39, 0.29) is 19.1 Å². The van der Waals surface area contributed by atoms with E-state index in [0.29, 0.717) is 16.3 Å². The minimum Gasteiger partial charge on any atom is -0.496 e. The summed E-state index contributed by atoms with van der Waals surface area (Å²) in [5, 5.41) is 0.458. The number of carbonyl (C=O) groups is 2. The summed E-state index contributed by atoms with van der Waals surface area (Å²) in [5.74, 6) is -0.397. The van der Waals surface area contributed by atoms with Crippen LogP contribution < -0.4 is 4.74 Å². The van der Waals surface area contributed by atoms with Crippen LogP contribution in [0.25, 0.3) is 0 Å². The molecule has 0 aliphatic rings. The molecule has 0 bridgehead atoms. The maximum Gasteiger partial charge on any atom is 0.325 e. The number of rotatable bonds is 5. The van der Waals surface area contributed by atoms with E-state index in [2.05, 4.69) is 22.6 Å². The Bertz CT molecular complexity index is 521. The SMILES string of the molecule is CCOC(=O)CN(C)C(=O)c1cc(Cl)c(I)cc1OC. The van der Waals surface area contributed by atoms with Gasteiger partial charge in [0.05, 0.1) is 24.3 Å². The molecule has 0 saturated carbocycles. The van der Waals surface area contributed by atoms with Crippen molar-refractivity contribution in [1.29, 1.82) is 0 Å². The van der Waals surface area contributed by atoms with Crippen LogP contribution in [0, 0.1) is 3.57 Å². The summed E-state index contributed by atoms with van der Waals surface area (Å²) in [6, 6.07) is 3.21. The molecular formula is C13H15ClINO4. The second kappa shape index (κ2) is 7.68. The molecule has 0 N–H and O–H groups in total. The molecule has 0 unspecified atom stereocenters. The van der Waals surface area contributed by atoms with E-state index < -0.39 is 5.97 Å². The fourth-order valence-electron chi connectivity index (χ4n) is 1.54. The van der Waals surface area contributed by atoms with Gasteiger partial charge >= 0.3 is 5.97 Å². The van der Waals surface area contributed by atoms with Gasteiger partial charge in [-0.3, -0.25) is 9.59 Å². The highest BCUT2D eigenvalue weighted by Gasteiger charge is 2.20. The summed E-state index contributed by atoms with van der Waals surface area (Å²) in [4.78, 5) is 25.0. The molecule has 20 heavy (non-hydrogen) atoms. The van der Waals surface area contributed by atoms with Gasteiger partial charge in [0, 0.05) is 10.6 Å². The molecule has 0 radical (unpaired) electrons. The van der Waals surface area contributed by atoms with Gasteiger partial charge in [0.15, 0.2) is 0 Å². The molecule has 1 aromatic rings. The third kappa shape index (κ3) is 4.24. The summed E-state index contributed by atoms with van der Waals surface area (Å²) < 4.78 is 10.8. The highest BCUT2D eigenvalue weighted by atomic mass is 127. The molecular weight excluding hydrogens is 397 g/mol. The Balaban J connectivity index is 2.96. The minimum absolute atomic E-state index is 0.126. The zero-order valence-corrected chi connectivity index (χ0v) is 14.3. The first kappa shape index (κ1) is 17.0. The highest BCUT2D eigenvalue weighted by Crippen LogP contribution is 2.28. The Morgan fingerprint density at radius 1 is 1.40 bits per heavy atom. The van der Waals surface area contributed by atoms with Crippen LogP contribution in [0.2, 0.25) is 5.02 Å². The average molecular weight is 412 g/mol. The number of ether oxygens (including phenoxy) is 2. The van der Waals surface area contributed by atoms with Crippen LogP contribution in [0.5, 0.6) is 5.75 Å². The Morgan fingerprint density at radius 2 is 2.05 bits per heavy atom. The molecule has 0 spiro atoms. The predicted molar refractivity (Wildman–Crippen MR) is 84.3 cm³/mol. The van der Waals surface area contributed by atoms with Crippen LogP contribution in [0.15, 0.2) is 12.1 Å². The monoisotopic (exact) mass is 411 g/mol. The normalized spacial score (nSPS) is 10.1. The minimum atomic E-state index is -0.459. The first-order chi connectivity index (χ1) is 9.40. The number of halogens is 2. The lowest BCUT2D eigenvalue weighted by Crippen LogP contribution is -2.33. The lowest BCUT2D eigenvalue weighted by Gasteiger charge is -2.18. The maximum atomic E-state index is 12.3. The Hall–Kier alpha value is -1.02. The van der Waals surface area contributed by atoms with Crippen LogP contribution in [0.1, 0.15) is 17.3 Å². The second-order valence-electron chi connectivity index (χ2n) is 3.93. The number of nitrogens with zero attached hydrogens (tertiary/aromatic N) is 1. The van der Waals surface area contributed by atoms with Crippen molar-refractivity contribution in [3.63, 3.8) is 0 Å². The van der Waals surface area contributed by atoms with Crippen molar-refractivity contribution in [2.45, 2.75) is 6.92 Å². The maximum absolute atomic E-state index is 12.3. The zero-order valence-electron chi connectivity index (χ0n) is 11.4. The van der Waals surface area contributed by atoms with Crippen LogP contribution in [-0.4, -0.2) is 44.1 Å². The van der Waals surface area contributed by atoms with E-state index in [1.807, 2.05) is 0 Å². The Labute approximate surface area is 136 Å². The molecule has 0 heterocycles. The van der Waals surface area contributed by atoms with Crippen molar-refractivity contribution >= 4 is 46.1 Å². The van der Waals surface area contributed by atoms with Gasteiger partial charge in [0.25, 0.3) is 5.91 Å². The van der Waals surface area contributed by atoms with E-state index in [1.54, 1.807) is 13.0 Å². The van der Waals surface area contributed by atoms with E-state index in [4.69, 9.17) is 21.1 Å². The van der Waals surface area contributed by atoms with Gasteiger partial charge in [-0.1, -0.05) is 11.6 Å². The molecule has 1 aromatic carbocycles. The number of amides is 1. The molecule has 0 aliphatic heterocycles. The van der Waals surface area contributed by atoms with Crippen LogP contribution in [0.3, 0.4) is 0 Å². The van der Waals surface area contributed by atoms with Crippen LogP contribution >= 0.6 is 34.2 Å². The molecule has 0 saturated heterocycles. The lowest BCUT2D eigenvalue weighted by molar-refractivity contribution is -0.143. The number of benzene rings is 1. The molecule has 7 heteroatoms. The van der Waals surface area contributed by atoms with Crippen molar-refractivity contribution in [2.24, 2.45) is 0 Å². The van der Waals surface area contributed by atoms with Crippen molar-refractivity contribution in [1.82, 2.24) is 4.90 Å². The first-order valence-electron chi connectivity index (χ1n) is 5.84. The van der Waals surface area contributed by atoms with Crippen LogP contribution in [0.4, 0.5) is 0 Å². The molecule has 1 amide bonds. The van der Waals surface area contributed by atoms with E-state index in [9.17, 15) is 9.59 Å². The largest absolute Gasteiger partial charge is 0.496 e. The highest BCUT2D eigenvalue weighted by molar-refractivity contribution is 14.1. The van der Waals surface area contributed by atoms with Gasteiger partial charge < -0.3 is 14.4 Å². The topological polar surface area (TPSA) is 55.8 Å². The molecule has 1 rings (SSSR count).